The van der Waals surface area contributed by atoms with Crippen molar-refractivity contribution in [3.63, 3.8) is 0 Å². The Morgan fingerprint density at radius 2 is 2.21 bits per heavy atom. The highest BCUT2D eigenvalue weighted by atomic mass is 16.2. The number of carbonyl (C=O) groups excluding carboxylic acids is 1. The van der Waals surface area contributed by atoms with Crippen LogP contribution in [0.1, 0.15) is 28.9 Å². The Bertz CT molecular complexity index is 441. The Kier molecular flexibility index (Phi) is 4.50. The van der Waals surface area contributed by atoms with Crippen molar-refractivity contribution in [2.45, 2.75) is 25.4 Å². The molecule has 0 aromatic carbocycles. The molecule has 1 aromatic rings. The molecular weight excluding hydrogens is 240 g/mol. The van der Waals surface area contributed by atoms with E-state index >= 15 is 0 Å². The molecule has 19 heavy (non-hydrogen) atoms. The zero-order chi connectivity index (χ0) is 13.8. The lowest BCUT2D eigenvalue weighted by Crippen LogP contribution is -2.44. The first-order valence-corrected chi connectivity index (χ1v) is 6.72. The maximum absolute atomic E-state index is 12.4. The van der Waals surface area contributed by atoms with Gasteiger partial charge in [0.2, 0.25) is 0 Å². The van der Waals surface area contributed by atoms with Crippen molar-refractivity contribution in [2.75, 3.05) is 27.2 Å². The highest BCUT2D eigenvalue weighted by Crippen LogP contribution is 2.16. The van der Waals surface area contributed by atoms with Gasteiger partial charge in [-0.05, 0) is 50.7 Å². The van der Waals surface area contributed by atoms with E-state index in [1.807, 2.05) is 18.0 Å². The van der Waals surface area contributed by atoms with Crippen LogP contribution in [-0.2, 0) is 6.54 Å². The molecule has 2 heterocycles. The fourth-order valence-electron chi connectivity index (χ4n) is 2.45. The number of hydrogen-bond donors (Lipinski definition) is 1. The number of aromatic nitrogens is 1. The second-order valence-electron chi connectivity index (χ2n) is 5.20. The normalized spacial score (nSPS) is 17.4. The minimum atomic E-state index is -0.00940. The van der Waals surface area contributed by atoms with Crippen LogP contribution in [0.3, 0.4) is 0 Å². The molecule has 0 bridgehead atoms. The molecule has 1 aliphatic heterocycles. The largest absolute Gasteiger partial charge is 0.337 e. The minimum absolute atomic E-state index is 0.00940. The van der Waals surface area contributed by atoms with Crippen LogP contribution in [0.2, 0.25) is 0 Å². The molecule has 1 aromatic heterocycles. The summed E-state index contributed by atoms with van der Waals surface area (Å²) in [6.07, 6.45) is 3.70. The Morgan fingerprint density at radius 3 is 2.84 bits per heavy atom. The highest BCUT2D eigenvalue weighted by molar-refractivity contribution is 5.92. The van der Waals surface area contributed by atoms with Crippen LogP contribution in [-0.4, -0.2) is 53.9 Å². The predicted octanol–water partition coefficient (Wildman–Crippen LogP) is 0.706. The van der Waals surface area contributed by atoms with Gasteiger partial charge in [0.1, 0.15) is 5.69 Å². The third kappa shape index (κ3) is 3.30. The third-order valence-electron chi connectivity index (χ3n) is 3.84. The average molecular weight is 262 g/mol. The molecule has 0 spiro atoms. The number of carbonyl (C=O) groups is 1. The van der Waals surface area contributed by atoms with E-state index in [2.05, 4.69) is 16.9 Å². The molecule has 2 rings (SSSR count). The van der Waals surface area contributed by atoms with Crippen molar-refractivity contribution in [2.24, 2.45) is 5.73 Å². The summed E-state index contributed by atoms with van der Waals surface area (Å²) >= 11 is 0. The molecule has 0 saturated carbocycles. The molecule has 1 saturated heterocycles. The van der Waals surface area contributed by atoms with E-state index in [9.17, 15) is 4.79 Å². The average Bonchev–Trinajstić information content (AvgIpc) is 2.46. The second kappa shape index (κ2) is 6.12. The van der Waals surface area contributed by atoms with Gasteiger partial charge in [-0.2, -0.15) is 0 Å². The lowest BCUT2D eigenvalue weighted by atomic mass is 10.0. The molecule has 1 aliphatic rings. The maximum Gasteiger partial charge on any atom is 0.272 e. The number of pyridine rings is 1. The quantitative estimate of drug-likeness (QED) is 0.871. The Morgan fingerprint density at radius 1 is 1.53 bits per heavy atom. The van der Waals surface area contributed by atoms with Crippen LogP contribution in [0, 0.1) is 0 Å². The Labute approximate surface area is 114 Å². The summed E-state index contributed by atoms with van der Waals surface area (Å²) < 4.78 is 0. The van der Waals surface area contributed by atoms with Crippen LogP contribution < -0.4 is 5.73 Å². The first-order valence-electron chi connectivity index (χ1n) is 6.72. The van der Waals surface area contributed by atoms with Gasteiger partial charge in [-0.15, -0.1) is 0 Å². The lowest BCUT2D eigenvalue weighted by Gasteiger charge is -2.35. The molecule has 5 nitrogen and oxygen atoms in total. The Balaban J connectivity index is 2.05. The van der Waals surface area contributed by atoms with Gasteiger partial charge >= 0.3 is 0 Å². The van der Waals surface area contributed by atoms with E-state index in [-0.39, 0.29) is 5.91 Å². The van der Waals surface area contributed by atoms with Crippen LogP contribution in [0.15, 0.2) is 18.3 Å². The summed E-state index contributed by atoms with van der Waals surface area (Å²) in [5, 5.41) is 0. The van der Waals surface area contributed by atoms with E-state index in [4.69, 9.17) is 5.73 Å². The molecule has 1 amide bonds. The van der Waals surface area contributed by atoms with Gasteiger partial charge in [-0.25, -0.2) is 0 Å². The fraction of sp³-hybridized carbons (Fsp3) is 0.571. The van der Waals surface area contributed by atoms with Gasteiger partial charge in [0.25, 0.3) is 5.91 Å². The number of amides is 1. The van der Waals surface area contributed by atoms with Gasteiger partial charge in [0.05, 0.1) is 0 Å². The molecule has 5 heteroatoms. The van der Waals surface area contributed by atoms with E-state index in [1.54, 1.807) is 12.3 Å². The Hall–Kier alpha value is -1.46. The van der Waals surface area contributed by atoms with Crippen molar-refractivity contribution in [1.29, 1.82) is 0 Å². The summed E-state index contributed by atoms with van der Waals surface area (Å²) in [5.41, 5.74) is 7.02. The van der Waals surface area contributed by atoms with E-state index in [0.29, 0.717) is 18.3 Å². The molecule has 2 N–H and O–H groups in total. The van der Waals surface area contributed by atoms with Crippen molar-refractivity contribution < 1.29 is 4.79 Å². The molecule has 0 radical (unpaired) electrons. The summed E-state index contributed by atoms with van der Waals surface area (Å²) in [6.45, 7) is 2.51. The monoisotopic (exact) mass is 262 g/mol. The molecular formula is C14H22N4O. The van der Waals surface area contributed by atoms with Gasteiger partial charge in [-0.1, -0.05) is 0 Å². The van der Waals surface area contributed by atoms with Crippen molar-refractivity contribution in [3.8, 4) is 0 Å². The molecule has 0 atom stereocenters. The summed E-state index contributed by atoms with van der Waals surface area (Å²) in [7, 11) is 3.99. The number of nitrogens with two attached hydrogens (primary N) is 1. The first kappa shape index (κ1) is 14.0. The summed E-state index contributed by atoms with van der Waals surface area (Å²) in [6, 6.07) is 3.94. The van der Waals surface area contributed by atoms with E-state index in [1.165, 1.54) is 0 Å². The van der Waals surface area contributed by atoms with Crippen LogP contribution in [0.25, 0.3) is 0 Å². The lowest BCUT2D eigenvalue weighted by molar-refractivity contribution is 0.0653. The number of hydrogen-bond acceptors (Lipinski definition) is 4. The summed E-state index contributed by atoms with van der Waals surface area (Å²) in [4.78, 5) is 20.7. The second-order valence-corrected chi connectivity index (χ2v) is 5.20. The number of likely N-dealkylation sites (tertiary alicyclic amines) is 1. The maximum atomic E-state index is 12.4. The minimum Gasteiger partial charge on any atom is -0.337 e. The van der Waals surface area contributed by atoms with Crippen molar-refractivity contribution in [1.82, 2.24) is 14.8 Å². The van der Waals surface area contributed by atoms with E-state index < -0.39 is 0 Å². The number of piperidine rings is 1. The molecule has 0 unspecified atom stereocenters. The van der Waals surface area contributed by atoms with Crippen molar-refractivity contribution in [3.05, 3.63) is 29.6 Å². The van der Waals surface area contributed by atoms with Crippen LogP contribution >= 0.6 is 0 Å². The van der Waals surface area contributed by atoms with E-state index in [0.717, 1.165) is 31.5 Å². The summed E-state index contributed by atoms with van der Waals surface area (Å²) in [5.74, 6) is -0.00940. The SMILES string of the molecule is CN1CCC(N(C)C(=O)c2cc(CN)ccn2)CC1. The first-order chi connectivity index (χ1) is 9.11. The molecule has 0 aliphatic carbocycles. The number of nitrogens with zero attached hydrogens (tertiary/aromatic N) is 3. The molecule has 1 fully saturated rings. The zero-order valence-corrected chi connectivity index (χ0v) is 11.7. The third-order valence-corrected chi connectivity index (χ3v) is 3.84. The standard InChI is InChI=1S/C14H22N4O/c1-17-7-4-12(5-8-17)18(2)14(19)13-9-11(10-15)3-6-16-13/h3,6,9,12H,4-5,7-8,10,15H2,1-2H3. The van der Waals surface area contributed by atoms with Gasteiger partial charge in [0, 0.05) is 25.8 Å². The highest BCUT2D eigenvalue weighted by Gasteiger charge is 2.25. The smallest absolute Gasteiger partial charge is 0.272 e. The van der Waals surface area contributed by atoms with Gasteiger partial charge in [0.15, 0.2) is 0 Å². The van der Waals surface area contributed by atoms with Crippen LogP contribution in [0.5, 0.6) is 0 Å². The number of rotatable bonds is 3. The zero-order valence-electron chi connectivity index (χ0n) is 11.7. The fourth-order valence-corrected chi connectivity index (χ4v) is 2.45. The van der Waals surface area contributed by atoms with Crippen molar-refractivity contribution >= 4 is 5.91 Å². The predicted molar refractivity (Wildman–Crippen MR) is 74.7 cm³/mol. The van der Waals surface area contributed by atoms with Crippen LogP contribution in [0.4, 0.5) is 0 Å². The topological polar surface area (TPSA) is 62.5 Å². The van der Waals surface area contributed by atoms with Gasteiger partial charge < -0.3 is 15.5 Å². The van der Waals surface area contributed by atoms with Gasteiger partial charge in [-0.3, -0.25) is 9.78 Å². The molecule has 104 valence electrons.